The number of nitrogens with one attached hydrogen (secondary N) is 1. The molecule has 1 N–H and O–H groups in total. The summed E-state index contributed by atoms with van der Waals surface area (Å²) in [7, 11) is 0. The Morgan fingerprint density at radius 3 is 2.62 bits per heavy atom. The van der Waals surface area contributed by atoms with Crippen molar-refractivity contribution in [3.05, 3.63) is 78.1 Å². The van der Waals surface area contributed by atoms with Crippen LogP contribution in [-0.2, 0) is 6.54 Å². The molecule has 24 heavy (non-hydrogen) atoms. The summed E-state index contributed by atoms with van der Waals surface area (Å²) < 4.78 is 1.87. The molecule has 3 aromatic rings. The first kappa shape index (κ1) is 15.6. The van der Waals surface area contributed by atoms with Gasteiger partial charge in [0.15, 0.2) is 0 Å². The number of hydrogen-bond donors (Lipinski definition) is 1. The molecule has 3 rings (SSSR count). The molecule has 0 aliphatic carbocycles. The van der Waals surface area contributed by atoms with Gasteiger partial charge in [0.1, 0.15) is 0 Å². The summed E-state index contributed by atoms with van der Waals surface area (Å²) in [5, 5.41) is 6.92. The van der Waals surface area contributed by atoms with Crippen LogP contribution in [0.1, 0.15) is 15.9 Å². The largest absolute Gasteiger partial charge is 0.341 e. The molecule has 0 saturated carbocycles. The van der Waals surface area contributed by atoms with Crippen LogP contribution in [0.15, 0.2) is 67.0 Å². The molecule has 118 valence electrons. The van der Waals surface area contributed by atoms with Crippen LogP contribution in [0.2, 0.25) is 0 Å². The quantitative estimate of drug-likeness (QED) is 0.736. The number of nitrogens with zero attached hydrogens (tertiary/aromatic N) is 2. The van der Waals surface area contributed by atoms with E-state index in [4.69, 9.17) is 6.42 Å². The third kappa shape index (κ3) is 3.53. The molecular weight excluding hydrogens is 298 g/mol. The molecule has 0 atom stereocenters. The molecule has 1 aromatic heterocycles. The molecule has 0 radical (unpaired) electrons. The van der Waals surface area contributed by atoms with Gasteiger partial charge in [0.05, 0.1) is 13.1 Å². The van der Waals surface area contributed by atoms with E-state index in [1.807, 2.05) is 59.4 Å². The van der Waals surface area contributed by atoms with Crippen molar-refractivity contribution in [2.45, 2.75) is 6.54 Å². The maximum atomic E-state index is 12.3. The van der Waals surface area contributed by atoms with Crippen molar-refractivity contribution in [2.24, 2.45) is 0 Å². The lowest BCUT2D eigenvalue weighted by Crippen LogP contribution is -2.24. The van der Waals surface area contributed by atoms with Crippen LogP contribution in [0.5, 0.6) is 0 Å². The third-order valence-corrected chi connectivity index (χ3v) is 3.69. The van der Waals surface area contributed by atoms with Gasteiger partial charge in [-0.15, -0.1) is 6.42 Å². The minimum absolute atomic E-state index is 0.163. The van der Waals surface area contributed by atoms with Crippen LogP contribution in [0, 0.1) is 12.3 Å². The Morgan fingerprint density at radius 2 is 1.92 bits per heavy atom. The zero-order valence-corrected chi connectivity index (χ0v) is 13.1. The fourth-order valence-corrected chi connectivity index (χ4v) is 2.53. The Hall–Kier alpha value is -3.32. The van der Waals surface area contributed by atoms with Gasteiger partial charge in [-0.05, 0) is 28.8 Å². The zero-order chi connectivity index (χ0) is 16.8. The van der Waals surface area contributed by atoms with Crippen LogP contribution < -0.4 is 5.32 Å². The molecular formula is C20H17N3O. The highest BCUT2D eigenvalue weighted by Gasteiger charge is 2.11. The number of benzene rings is 2. The Labute approximate surface area is 141 Å². The predicted octanol–water partition coefficient (Wildman–Crippen LogP) is 2.96. The van der Waals surface area contributed by atoms with Crippen LogP contribution in [0.3, 0.4) is 0 Å². The summed E-state index contributed by atoms with van der Waals surface area (Å²) in [6, 6.07) is 17.6. The van der Waals surface area contributed by atoms with Gasteiger partial charge in [0.2, 0.25) is 0 Å². The normalized spacial score (nSPS) is 10.1. The second kappa shape index (κ2) is 7.30. The summed E-state index contributed by atoms with van der Waals surface area (Å²) in [5.41, 5.74) is 3.65. The molecule has 2 aromatic carbocycles. The van der Waals surface area contributed by atoms with E-state index >= 15 is 0 Å². The molecule has 0 spiro atoms. The molecule has 1 heterocycles. The summed E-state index contributed by atoms with van der Waals surface area (Å²) in [6.45, 7) is 0.938. The molecule has 4 nitrogen and oxygen atoms in total. The summed E-state index contributed by atoms with van der Waals surface area (Å²) in [5.74, 6) is 2.25. The van der Waals surface area contributed by atoms with Crippen molar-refractivity contribution in [2.75, 3.05) is 6.54 Å². The Bertz CT molecular complexity index is 859. The van der Waals surface area contributed by atoms with E-state index in [1.54, 1.807) is 12.3 Å². The first-order valence-corrected chi connectivity index (χ1v) is 7.65. The highest BCUT2D eigenvalue weighted by Crippen LogP contribution is 2.24. The smallest absolute Gasteiger partial charge is 0.252 e. The summed E-state index contributed by atoms with van der Waals surface area (Å²) in [6.07, 6.45) is 8.90. The first-order chi connectivity index (χ1) is 11.8. The number of rotatable bonds is 5. The van der Waals surface area contributed by atoms with Gasteiger partial charge >= 0.3 is 0 Å². The number of amides is 1. The number of hydrogen-bond acceptors (Lipinski definition) is 2. The van der Waals surface area contributed by atoms with Crippen molar-refractivity contribution >= 4 is 5.91 Å². The Kier molecular flexibility index (Phi) is 4.73. The second-order valence-corrected chi connectivity index (χ2v) is 5.33. The van der Waals surface area contributed by atoms with Gasteiger partial charge < -0.3 is 5.32 Å². The van der Waals surface area contributed by atoms with Crippen LogP contribution >= 0.6 is 0 Å². The van der Waals surface area contributed by atoms with Crippen molar-refractivity contribution in [3.63, 3.8) is 0 Å². The monoisotopic (exact) mass is 315 g/mol. The lowest BCUT2D eigenvalue weighted by atomic mass is 9.98. The van der Waals surface area contributed by atoms with E-state index in [0.29, 0.717) is 5.56 Å². The van der Waals surface area contributed by atoms with Crippen molar-refractivity contribution in [1.82, 2.24) is 15.1 Å². The van der Waals surface area contributed by atoms with Crippen molar-refractivity contribution in [3.8, 4) is 23.5 Å². The Balaban J connectivity index is 1.84. The van der Waals surface area contributed by atoms with E-state index < -0.39 is 0 Å². The topological polar surface area (TPSA) is 46.9 Å². The van der Waals surface area contributed by atoms with Crippen LogP contribution in [0.25, 0.3) is 11.1 Å². The van der Waals surface area contributed by atoms with Crippen molar-refractivity contribution < 1.29 is 4.79 Å². The van der Waals surface area contributed by atoms with Gasteiger partial charge in [-0.2, -0.15) is 5.10 Å². The van der Waals surface area contributed by atoms with Crippen molar-refractivity contribution in [1.29, 1.82) is 0 Å². The molecule has 0 fully saturated rings. The number of carbonyl (C=O) groups excluding carboxylic acids is 1. The van der Waals surface area contributed by atoms with E-state index in [2.05, 4.69) is 16.3 Å². The van der Waals surface area contributed by atoms with E-state index in [-0.39, 0.29) is 12.5 Å². The average Bonchev–Trinajstić information content (AvgIpc) is 3.13. The first-order valence-electron chi connectivity index (χ1n) is 7.65. The third-order valence-electron chi connectivity index (χ3n) is 3.69. The number of aromatic nitrogens is 2. The minimum Gasteiger partial charge on any atom is -0.341 e. The number of terminal acetylenes is 1. The fraction of sp³-hybridized carbons (Fsp3) is 0.100. The zero-order valence-electron chi connectivity index (χ0n) is 13.1. The standard InChI is InChI=1S/C20H17N3O/c1-2-12-21-20(24)19-7-4-3-6-18(19)17-10-8-16(9-11-17)15-23-14-5-13-22-23/h1,3-11,13-14H,12,15H2,(H,21,24). The molecule has 4 heteroatoms. The highest BCUT2D eigenvalue weighted by molar-refractivity contribution is 6.00. The van der Waals surface area contributed by atoms with E-state index in [1.165, 1.54) is 0 Å². The minimum atomic E-state index is -0.163. The van der Waals surface area contributed by atoms with Gasteiger partial charge in [0, 0.05) is 18.0 Å². The lowest BCUT2D eigenvalue weighted by molar-refractivity contribution is 0.0959. The molecule has 0 unspecified atom stereocenters. The Morgan fingerprint density at radius 1 is 1.12 bits per heavy atom. The molecule has 1 amide bonds. The fourth-order valence-electron chi connectivity index (χ4n) is 2.53. The molecule has 0 saturated heterocycles. The predicted molar refractivity (Wildman–Crippen MR) is 94.4 cm³/mol. The summed E-state index contributed by atoms with van der Waals surface area (Å²) in [4.78, 5) is 12.3. The molecule has 0 aliphatic rings. The van der Waals surface area contributed by atoms with Crippen LogP contribution in [0.4, 0.5) is 0 Å². The lowest BCUT2D eigenvalue weighted by Gasteiger charge is -2.10. The average molecular weight is 315 g/mol. The van der Waals surface area contributed by atoms with E-state index in [0.717, 1.165) is 23.2 Å². The van der Waals surface area contributed by atoms with Gasteiger partial charge in [0.25, 0.3) is 5.91 Å². The highest BCUT2D eigenvalue weighted by atomic mass is 16.1. The van der Waals surface area contributed by atoms with E-state index in [9.17, 15) is 4.79 Å². The maximum absolute atomic E-state index is 12.3. The number of carbonyl (C=O) groups is 1. The molecule has 0 bridgehead atoms. The molecule has 0 aliphatic heterocycles. The van der Waals surface area contributed by atoms with Gasteiger partial charge in [-0.25, -0.2) is 0 Å². The van der Waals surface area contributed by atoms with Gasteiger partial charge in [-0.1, -0.05) is 48.4 Å². The van der Waals surface area contributed by atoms with Gasteiger partial charge in [-0.3, -0.25) is 9.48 Å². The maximum Gasteiger partial charge on any atom is 0.252 e. The second-order valence-electron chi connectivity index (χ2n) is 5.33. The van der Waals surface area contributed by atoms with Crippen LogP contribution in [-0.4, -0.2) is 22.2 Å². The SMILES string of the molecule is C#CCNC(=O)c1ccccc1-c1ccc(Cn2cccn2)cc1. The summed E-state index contributed by atoms with van der Waals surface area (Å²) >= 11 is 0.